The Hall–Kier alpha value is -0.830. The number of pyridine rings is 1. The van der Waals surface area contributed by atoms with E-state index in [2.05, 4.69) is 18.8 Å². The first-order valence-corrected chi connectivity index (χ1v) is 6.12. The molecule has 1 aromatic rings. The lowest BCUT2D eigenvalue weighted by atomic mass is 10.00. The average Bonchev–Trinajstić information content (AvgIpc) is 2.18. The van der Waals surface area contributed by atoms with Crippen molar-refractivity contribution in [1.82, 2.24) is 4.98 Å². The van der Waals surface area contributed by atoms with Gasteiger partial charge in [0.15, 0.2) is 0 Å². The molecule has 0 bridgehead atoms. The van der Waals surface area contributed by atoms with Gasteiger partial charge in [-0.15, -0.1) is 11.8 Å². The Balaban J connectivity index is 2.95. The molecule has 0 aromatic carbocycles. The molecular formula is C12H17NOS. The maximum Gasteiger partial charge on any atom is 0.131 e. The number of ketones is 1. The van der Waals surface area contributed by atoms with Gasteiger partial charge in [0, 0.05) is 12.6 Å². The fourth-order valence-corrected chi connectivity index (χ4v) is 2.90. The van der Waals surface area contributed by atoms with Crippen molar-refractivity contribution in [3.63, 3.8) is 0 Å². The second-order valence-electron chi connectivity index (χ2n) is 3.76. The van der Waals surface area contributed by atoms with Crippen LogP contribution in [0.4, 0.5) is 0 Å². The van der Waals surface area contributed by atoms with E-state index < -0.39 is 0 Å². The summed E-state index contributed by atoms with van der Waals surface area (Å²) in [6, 6.07) is 5.86. The zero-order chi connectivity index (χ0) is 11.3. The van der Waals surface area contributed by atoms with Gasteiger partial charge in [-0.2, -0.15) is 0 Å². The molecule has 0 aliphatic rings. The molecule has 0 N–H and O–H groups in total. The summed E-state index contributed by atoms with van der Waals surface area (Å²) in [7, 11) is 0. The Kier molecular flexibility index (Phi) is 4.33. The molecule has 0 saturated heterocycles. The highest BCUT2D eigenvalue weighted by molar-refractivity contribution is 8.00. The summed E-state index contributed by atoms with van der Waals surface area (Å²) in [5.74, 6) is 1.20. The fraction of sp³-hybridized carbons (Fsp3) is 0.500. The van der Waals surface area contributed by atoms with Crippen molar-refractivity contribution in [3.05, 3.63) is 30.1 Å². The second kappa shape index (κ2) is 5.31. The number of rotatable bonds is 5. The van der Waals surface area contributed by atoms with E-state index in [1.807, 2.05) is 18.2 Å². The van der Waals surface area contributed by atoms with Crippen molar-refractivity contribution >= 4 is 17.5 Å². The van der Waals surface area contributed by atoms with Crippen LogP contribution in [0.3, 0.4) is 0 Å². The normalized spacial score (nSPS) is 14.6. The second-order valence-corrected chi connectivity index (χ2v) is 5.52. The molecule has 15 heavy (non-hydrogen) atoms. The van der Waals surface area contributed by atoms with Gasteiger partial charge in [0.2, 0.25) is 0 Å². The van der Waals surface area contributed by atoms with E-state index in [0.29, 0.717) is 6.42 Å². The number of Topliss-reactive ketones (excluding diaryl/α,β-unsaturated/α-hetero) is 1. The highest BCUT2D eigenvalue weighted by atomic mass is 32.2. The molecule has 0 aliphatic carbocycles. The van der Waals surface area contributed by atoms with Crippen molar-refractivity contribution in [1.29, 1.82) is 0 Å². The van der Waals surface area contributed by atoms with Gasteiger partial charge in [0.05, 0.1) is 10.4 Å². The minimum absolute atomic E-state index is 0.179. The van der Waals surface area contributed by atoms with Crippen LogP contribution in [-0.2, 0) is 9.54 Å². The van der Waals surface area contributed by atoms with Gasteiger partial charge in [-0.25, -0.2) is 0 Å². The van der Waals surface area contributed by atoms with Crippen molar-refractivity contribution < 1.29 is 4.79 Å². The Bertz CT molecular complexity index is 326. The molecule has 1 heterocycles. The van der Waals surface area contributed by atoms with Gasteiger partial charge < -0.3 is 0 Å². The number of hydrogen-bond donors (Lipinski definition) is 0. The van der Waals surface area contributed by atoms with Crippen LogP contribution >= 0.6 is 11.8 Å². The van der Waals surface area contributed by atoms with Gasteiger partial charge in [-0.05, 0) is 31.7 Å². The number of aromatic nitrogens is 1. The molecule has 0 aliphatic heterocycles. The van der Waals surface area contributed by atoms with Crippen molar-refractivity contribution in [2.45, 2.75) is 31.9 Å². The summed E-state index contributed by atoms with van der Waals surface area (Å²) in [4.78, 5) is 15.6. The predicted octanol–water partition coefficient (Wildman–Crippen LogP) is 3.03. The topological polar surface area (TPSA) is 30.0 Å². The molecular weight excluding hydrogens is 206 g/mol. The molecule has 1 rings (SSSR count). The van der Waals surface area contributed by atoms with Gasteiger partial charge in [0.25, 0.3) is 0 Å². The number of nitrogens with zero attached hydrogens (tertiary/aromatic N) is 1. The number of carbonyl (C=O) groups excluding carboxylic acids is 1. The Morgan fingerprint density at radius 3 is 2.73 bits per heavy atom. The zero-order valence-electron chi connectivity index (χ0n) is 9.49. The average molecular weight is 223 g/mol. The molecule has 2 nitrogen and oxygen atoms in total. The summed E-state index contributed by atoms with van der Waals surface area (Å²) in [6.45, 7) is 5.83. The molecule has 0 saturated carbocycles. The van der Waals surface area contributed by atoms with Crippen LogP contribution in [0.2, 0.25) is 0 Å². The third-order valence-electron chi connectivity index (χ3n) is 2.26. The van der Waals surface area contributed by atoms with Crippen LogP contribution in [0.5, 0.6) is 0 Å². The largest absolute Gasteiger partial charge is 0.300 e. The molecule has 0 fully saturated rings. The van der Waals surface area contributed by atoms with Gasteiger partial charge in [0.1, 0.15) is 5.78 Å². The lowest BCUT2D eigenvalue weighted by molar-refractivity contribution is -0.117. The van der Waals surface area contributed by atoms with E-state index in [0.717, 1.165) is 11.4 Å². The van der Waals surface area contributed by atoms with Crippen LogP contribution in [0.15, 0.2) is 24.4 Å². The lowest BCUT2D eigenvalue weighted by Crippen LogP contribution is -2.22. The van der Waals surface area contributed by atoms with Crippen LogP contribution in [0.25, 0.3) is 0 Å². The zero-order valence-corrected chi connectivity index (χ0v) is 10.3. The standard InChI is InChI=1S/C12H17NOS/c1-4-15-12(3,9-10(2)14)11-7-5-6-8-13-11/h5-8H,4,9H2,1-3H3. The minimum atomic E-state index is -0.179. The summed E-state index contributed by atoms with van der Waals surface area (Å²) in [6.07, 6.45) is 2.33. The van der Waals surface area contributed by atoms with Gasteiger partial charge >= 0.3 is 0 Å². The first-order valence-electron chi connectivity index (χ1n) is 5.13. The first-order chi connectivity index (χ1) is 7.08. The van der Waals surface area contributed by atoms with Crippen molar-refractivity contribution in [3.8, 4) is 0 Å². The van der Waals surface area contributed by atoms with Crippen molar-refractivity contribution in [2.24, 2.45) is 0 Å². The fourth-order valence-electron chi connectivity index (χ4n) is 1.68. The number of carbonyl (C=O) groups is 1. The van der Waals surface area contributed by atoms with Gasteiger partial charge in [-0.3, -0.25) is 9.78 Å². The van der Waals surface area contributed by atoms with E-state index in [1.165, 1.54) is 0 Å². The van der Waals surface area contributed by atoms with Crippen LogP contribution in [0.1, 0.15) is 32.9 Å². The number of hydrogen-bond acceptors (Lipinski definition) is 3. The summed E-state index contributed by atoms with van der Waals surface area (Å²) in [5, 5.41) is 0. The quantitative estimate of drug-likeness (QED) is 0.768. The Labute approximate surface area is 95.5 Å². The van der Waals surface area contributed by atoms with Crippen LogP contribution < -0.4 is 0 Å². The van der Waals surface area contributed by atoms with Crippen LogP contribution in [-0.4, -0.2) is 16.5 Å². The molecule has 1 atom stereocenters. The monoisotopic (exact) mass is 223 g/mol. The van der Waals surface area contributed by atoms with Crippen molar-refractivity contribution in [2.75, 3.05) is 5.75 Å². The summed E-state index contributed by atoms with van der Waals surface area (Å²) >= 11 is 1.78. The van der Waals surface area contributed by atoms with Gasteiger partial charge in [-0.1, -0.05) is 13.0 Å². The lowest BCUT2D eigenvalue weighted by Gasteiger charge is -2.26. The highest BCUT2D eigenvalue weighted by Gasteiger charge is 2.29. The highest BCUT2D eigenvalue weighted by Crippen LogP contribution is 2.38. The third kappa shape index (κ3) is 3.34. The third-order valence-corrected chi connectivity index (χ3v) is 3.54. The maximum atomic E-state index is 11.3. The summed E-state index contributed by atoms with van der Waals surface area (Å²) in [5.41, 5.74) is 0.993. The molecule has 1 unspecified atom stereocenters. The molecule has 82 valence electrons. The molecule has 3 heteroatoms. The molecule has 1 aromatic heterocycles. The predicted molar refractivity (Wildman–Crippen MR) is 65.0 cm³/mol. The van der Waals surface area contributed by atoms with E-state index in [4.69, 9.17) is 0 Å². The Morgan fingerprint density at radius 2 is 2.27 bits per heavy atom. The van der Waals surface area contributed by atoms with Crippen LogP contribution in [0, 0.1) is 0 Å². The van der Waals surface area contributed by atoms with E-state index in [9.17, 15) is 4.79 Å². The van der Waals surface area contributed by atoms with E-state index >= 15 is 0 Å². The maximum absolute atomic E-state index is 11.3. The molecule has 0 radical (unpaired) electrons. The van der Waals surface area contributed by atoms with E-state index in [-0.39, 0.29) is 10.5 Å². The summed E-state index contributed by atoms with van der Waals surface area (Å²) < 4.78 is -0.179. The smallest absolute Gasteiger partial charge is 0.131 e. The Morgan fingerprint density at radius 1 is 1.53 bits per heavy atom. The SMILES string of the molecule is CCSC(C)(CC(C)=O)c1ccccn1. The minimum Gasteiger partial charge on any atom is -0.300 e. The molecule has 0 spiro atoms. The molecule has 0 amide bonds. The first kappa shape index (κ1) is 12.2. The number of thioether (sulfide) groups is 1. The van der Waals surface area contributed by atoms with E-state index in [1.54, 1.807) is 24.9 Å².